The van der Waals surface area contributed by atoms with Crippen molar-refractivity contribution < 1.29 is 14.0 Å². The highest BCUT2D eigenvalue weighted by Gasteiger charge is 2.08. The summed E-state index contributed by atoms with van der Waals surface area (Å²) < 4.78 is 16.5. The number of benzene rings is 2. The molecule has 2 aromatic heterocycles. The van der Waals surface area contributed by atoms with Crippen LogP contribution in [0.25, 0.3) is 10.9 Å². The van der Waals surface area contributed by atoms with Gasteiger partial charge in [0.1, 0.15) is 11.5 Å². The van der Waals surface area contributed by atoms with E-state index in [0.717, 1.165) is 22.4 Å². The molecule has 0 atom stereocenters. The van der Waals surface area contributed by atoms with Gasteiger partial charge < -0.3 is 14.0 Å². The molecule has 4 rings (SSSR count). The van der Waals surface area contributed by atoms with Crippen molar-refractivity contribution in [1.29, 1.82) is 0 Å². The minimum Gasteiger partial charge on any atom is -0.485 e. The van der Waals surface area contributed by atoms with Gasteiger partial charge in [-0.15, -0.1) is 0 Å². The van der Waals surface area contributed by atoms with Gasteiger partial charge >= 0.3 is 0 Å². The number of hydrogen-bond donors (Lipinski definition) is 0. The molecule has 6 nitrogen and oxygen atoms in total. The van der Waals surface area contributed by atoms with Crippen LogP contribution in [0.4, 0.5) is 0 Å². The monoisotopic (exact) mass is 333 g/mol. The maximum absolute atomic E-state index is 5.71. The fraction of sp³-hybridized carbons (Fsp3) is 0.105. The highest BCUT2D eigenvalue weighted by Crippen LogP contribution is 2.19. The van der Waals surface area contributed by atoms with Gasteiger partial charge in [0.25, 0.3) is 5.89 Å². The average Bonchev–Trinajstić information content (AvgIpc) is 3.13. The molecular weight excluding hydrogens is 318 g/mol. The van der Waals surface area contributed by atoms with Crippen LogP contribution in [0, 0.1) is 0 Å². The highest BCUT2D eigenvalue weighted by atomic mass is 16.5. The lowest BCUT2D eigenvalue weighted by Gasteiger charge is -2.04. The van der Waals surface area contributed by atoms with Gasteiger partial charge in [-0.1, -0.05) is 29.4 Å². The zero-order valence-electron chi connectivity index (χ0n) is 13.3. The molecule has 0 aliphatic carbocycles. The van der Waals surface area contributed by atoms with Crippen molar-refractivity contribution in [2.75, 3.05) is 0 Å². The lowest BCUT2D eigenvalue weighted by molar-refractivity contribution is 0.240. The van der Waals surface area contributed by atoms with Crippen molar-refractivity contribution in [3.63, 3.8) is 0 Å². The van der Waals surface area contributed by atoms with E-state index in [1.807, 2.05) is 60.7 Å². The van der Waals surface area contributed by atoms with Crippen molar-refractivity contribution in [1.82, 2.24) is 15.1 Å². The van der Waals surface area contributed by atoms with Gasteiger partial charge in [-0.2, -0.15) is 4.98 Å². The van der Waals surface area contributed by atoms with Crippen molar-refractivity contribution in [2.24, 2.45) is 0 Å². The minimum atomic E-state index is 0.199. The van der Waals surface area contributed by atoms with E-state index in [1.54, 1.807) is 6.20 Å². The Balaban J connectivity index is 1.35. The minimum absolute atomic E-state index is 0.199. The Labute approximate surface area is 144 Å². The summed E-state index contributed by atoms with van der Waals surface area (Å²) in [5.74, 6) is 2.36. The van der Waals surface area contributed by atoms with Crippen molar-refractivity contribution in [2.45, 2.75) is 13.2 Å². The Morgan fingerprint density at radius 2 is 1.72 bits per heavy atom. The van der Waals surface area contributed by atoms with Gasteiger partial charge in [0, 0.05) is 11.6 Å². The SMILES string of the molecule is c1ccc(OCc2noc(COc3ccc4ncccc4c3)n2)cc1. The molecule has 6 heteroatoms. The van der Waals surface area contributed by atoms with Gasteiger partial charge in [-0.3, -0.25) is 4.98 Å². The van der Waals surface area contributed by atoms with Crippen molar-refractivity contribution in [3.8, 4) is 11.5 Å². The first-order valence-corrected chi connectivity index (χ1v) is 7.84. The van der Waals surface area contributed by atoms with E-state index in [1.165, 1.54) is 0 Å². The smallest absolute Gasteiger partial charge is 0.264 e. The molecule has 0 fully saturated rings. The molecule has 0 spiro atoms. The fourth-order valence-electron chi connectivity index (χ4n) is 2.36. The van der Waals surface area contributed by atoms with Gasteiger partial charge in [-0.25, -0.2) is 0 Å². The molecule has 2 aromatic carbocycles. The average molecular weight is 333 g/mol. The predicted octanol–water partition coefficient (Wildman–Crippen LogP) is 3.78. The van der Waals surface area contributed by atoms with E-state index >= 15 is 0 Å². The topological polar surface area (TPSA) is 70.3 Å². The summed E-state index contributed by atoms with van der Waals surface area (Å²) in [4.78, 5) is 8.54. The highest BCUT2D eigenvalue weighted by molar-refractivity contribution is 5.79. The maximum Gasteiger partial charge on any atom is 0.264 e. The number of aromatic nitrogens is 3. The van der Waals surface area contributed by atoms with E-state index in [-0.39, 0.29) is 13.2 Å². The first kappa shape index (κ1) is 15.1. The Bertz CT molecular complexity index is 970. The normalized spacial score (nSPS) is 10.7. The van der Waals surface area contributed by atoms with Crippen LogP contribution in [0.15, 0.2) is 71.4 Å². The molecule has 0 aliphatic rings. The third-order valence-corrected chi connectivity index (χ3v) is 3.56. The van der Waals surface area contributed by atoms with Gasteiger partial charge in [0.15, 0.2) is 13.2 Å². The molecule has 0 unspecified atom stereocenters. The van der Waals surface area contributed by atoms with E-state index in [4.69, 9.17) is 14.0 Å². The molecule has 0 saturated heterocycles. The summed E-state index contributed by atoms with van der Waals surface area (Å²) in [6, 6.07) is 19.1. The number of ether oxygens (including phenoxy) is 2. The van der Waals surface area contributed by atoms with Gasteiger partial charge in [0.2, 0.25) is 5.82 Å². The Morgan fingerprint density at radius 1 is 0.840 bits per heavy atom. The van der Waals surface area contributed by atoms with E-state index in [0.29, 0.717) is 11.7 Å². The quantitative estimate of drug-likeness (QED) is 0.535. The molecule has 0 aliphatic heterocycles. The molecule has 0 bridgehead atoms. The van der Waals surface area contributed by atoms with Crippen LogP contribution in [0.2, 0.25) is 0 Å². The standard InChI is InChI=1S/C19H15N3O3/c1-2-6-15(7-3-1)23-12-18-21-19(25-22-18)13-24-16-8-9-17-14(11-16)5-4-10-20-17/h1-11H,12-13H2. The Morgan fingerprint density at radius 3 is 2.64 bits per heavy atom. The second kappa shape index (κ2) is 7.00. The van der Waals surface area contributed by atoms with Crippen LogP contribution in [0.5, 0.6) is 11.5 Å². The summed E-state index contributed by atoms with van der Waals surface area (Å²) in [6.45, 7) is 0.444. The van der Waals surface area contributed by atoms with E-state index in [9.17, 15) is 0 Å². The molecule has 0 N–H and O–H groups in total. The third kappa shape index (κ3) is 3.74. The summed E-state index contributed by atoms with van der Waals surface area (Å²) in [5, 5.41) is 4.91. The van der Waals surface area contributed by atoms with Crippen LogP contribution in [-0.2, 0) is 13.2 Å². The largest absolute Gasteiger partial charge is 0.485 e. The fourth-order valence-corrected chi connectivity index (χ4v) is 2.36. The zero-order valence-corrected chi connectivity index (χ0v) is 13.3. The second-order valence-corrected chi connectivity index (χ2v) is 5.35. The molecule has 124 valence electrons. The number of hydrogen-bond acceptors (Lipinski definition) is 6. The number of fused-ring (bicyclic) bond motifs is 1. The summed E-state index contributed by atoms with van der Waals surface area (Å²) in [7, 11) is 0. The Kier molecular flexibility index (Phi) is 4.24. The molecule has 0 amide bonds. The maximum atomic E-state index is 5.71. The molecule has 0 saturated carbocycles. The molecule has 0 radical (unpaired) electrons. The van der Waals surface area contributed by atoms with Gasteiger partial charge in [0.05, 0.1) is 5.52 Å². The Hall–Kier alpha value is -3.41. The number of pyridine rings is 1. The lowest BCUT2D eigenvalue weighted by Crippen LogP contribution is -1.99. The number of nitrogens with zero attached hydrogens (tertiary/aromatic N) is 3. The summed E-state index contributed by atoms with van der Waals surface area (Å²) in [5.41, 5.74) is 0.924. The van der Waals surface area contributed by atoms with Crippen LogP contribution in [0.1, 0.15) is 11.7 Å². The third-order valence-electron chi connectivity index (χ3n) is 3.56. The van der Waals surface area contributed by atoms with Crippen LogP contribution in [0.3, 0.4) is 0 Å². The summed E-state index contributed by atoms with van der Waals surface area (Å²) >= 11 is 0. The predicted molar refractivity (Wildman–Crippen MR) is 91.1 cm³/mol. The van der Waals surface area contributed by atoms with Crippen molar-refractivity contribution >= 4 is 10.9 Å². The van der Waals surface area contributed by atoms with E-state index < -0.39 is 0 Å². The molecular formula is C19H15N3O3. The molecule has 25 heavy (non-hydrogen) atoms. The molecule has 2 heterocycles. The van der Waals surface area contributed by atoms with Crippen LogP contribution in [-0.4, -0.2) is 15.1 Å². The number of para-hydroxylation sites is 1. The van der Waals surface area contributed by atoms with Crippen LogP contribution < -0.4 is 9.47 Å². The van der Waals surface area contributed by atoms with Gasteiger partial charge in [-0.05, 0) is 36.4 Å². The van der Waals surface area contributed by atoms with E-state index in [2.05, 4.69) is 15.1 Å². The first-order chi connectivity index (χ1) is 12.4. The van der Waals surface area contributed by atoms with Crippen LogP contribution >= 0.6 is 0 Å². The second-order valence-electron chi connectivity index (χ2n) is 5.35. The summed E-state index contributed by atoms with van der Waals surface area (Å²) in [6.07, 6.45) is 1.76. The lowest BCUT2D eigenvalue weighted by atomic mass is 10.2. The first-order valence-electron chi connectivity index (χ1n) is 7.84. The molecule has 4 aromatic rings. The number of rotatable bonds is 6. The zero-order chi connectivity index (χ0) is 16.9. The van der Waals surface area contributed by atoms with Crippen molar-refractivity contribution in [3.05, 3.63) is 78.6 Å².